The molecule has 0 aromatic carbocycles. The average molecular weight is 325 g/mol. The normalized spacial score (nSPS) is 14.7. The molecule has 1 N–H and O–H groups in total. The second-order valence-corrected chi connectivity index (χ2v) is 6.58. The lowest BCUT2D eigenvalue weighted by atomic mass is 10.0. The van der Waals surface area contributed by atoms with Crippen molar-refractivity contribution in [2.45, 2.75) is 46.6 Å². The number of nitrogens with zero attached hydrogens (tertiary/aromatic N) is 3. The average Bonchev–Trinajstić information content (AvgIpc) is 2.46. The van der Waals surface area contributed by atoms with Gasteiger partial charge in [-0.25, -0.2) is 4.79 Å². The SMILES string of the molecule is C/C(C=O)=C(C)/C(CCN(C)C)=N\N(C)C(CC(C)C)C(=O)O. The smallest absolute Gasteiger partial charge is 0.328 e. The standard InChI is InChI=1S/C17H31N3O3/c1-12(2)10-16(17(22)23)20(7)18-15(8-9-19(5)6)14(4)13(3)11-21/h11-12,16H,8-10H2,1-7H3,(H,22,23)/b14-13-,18-15-. The lowest BCUT2D eigenvalue weighted by molar-refractivity contribution is -0.143. The molecule has 0 rings (SSSR count). The summed E-state index contributed by atoms with van der Waals surface area (Å²) in [5.41, 5.74) is 2.18. The van der Waals surface area contributed by atoms with Gasteiger partial charge in [0, 0.05) is 20.0 Å². The van der Waals surface area contributed by atoms with Crippen LogP contribution in [-0.2, 0) is 9.59 Å². The zero-order valence-corrected chi connectivity index (χ0v) is 15.5. The summed E-state index contributed by atoms with van der Waals surface area (Å²) in [4.78, 5) is 24.6. The molecule has 1 atom stereocenters. The van der Waals surface area contributed by atoms with Crippen molar-refractivity contribution in [3.63, 3.8) is 0 Å². The lowest BCUT2D eigenvalue weighted by Crippen LogP contribution is -2.37. The highest BCUT2D eigenvalue weighted by molar-refractivity contribution is 6.03. The van der Waals surface area contributed by atoms with E-state index in [4.69, 9.17) is 0 Å². The number of hydrogen-bond donors (Lipinski definition) is 1. The molecule has 0 heterocycles. The Bertz CT molecular complexity index is 468. The molecule has 0 aromatic heterocycles. The van der Waals surface area contributed by atoms with Crippen LogP contribution in [0.15, 0.2) is 16.2 Å². The van der Waals surface area contributed by atoms with Crippen LogP contribution in [0.2, 0.25) is 0 Å². The van der Waals surface area contributed by atoms with Crippen LogP contribution in [0.5, 0.6) is 0 Å². The second-order valence-electron chi connectivity index (χ2n) is 6.58. The number of hydrazone groups is 1. The maximum atomic E-state index is 11.5. The molecule has 1 unspecified atom stereocenters. The number of likely N-dealkylation sites (N-methyl/N-ethyl adjacent to an activating group) is 1. The number of carbonyl (C=O) groups is 2. The molecule has 23 heavy (non-hydrogen) atoms. The predicted molar refractivity (Wildman–Crippen MR) is 93.7 cm³/mol. The quantitative estimate of drug-likeness (QED) is 0.289. The fourth-order valence-electron chi connectivity index (χ4n) is 2.08. The number of allylic oxidation sites excluding steroid dienone is 2. The molecule has 0 spiro atoms. The number of carboxylic acids is 1. The zero-order valence-electron chi connectivity index (χ0n) is 15.5. The van der Waals surface area contributed by atoms with Crippen LogP contribution in [0.4, 0.5) is 0 Å². The van der Waals surface area contributed by atoms with Gasteiger partial charge in [0.25, 0.3) is 0 Å². The minimum absolute atomic E-state index is 0.257. The molecule has 0 radical (unpaired) electrons. The number of aliphatic carboxylic acids is 1. The number of aldehydes is 1. The van der Waals surface area contributed by atoms with Gasteiger partial charge in [-0.2, -0.15) is 5.10 Å². The molecule has 0 amide bonds. The zero-order chi connectivity index (χ0) is 18.2. The van der Waals surface area contributed by atoms with Gasteiger partial charge in [0.15, 0.2) is 0 Å². The van der Waals surface area contributed by atoms with Crippen LogP contribution in [0, 0.1) is 5.92 Å². The van der Waals surface area contributed by atoms with E-state index >= 15 is 0 Å². The molecular weight excluding hydrogens is 294 g/mol. The van der Waals surface area contributed by atoms with E-state index in [9.17, 15) is 14.7 Å². The van der Waals surface area contributed by atoms with Gasteiger partial charge in [0.05, 0.1) is 5.71 Å². The van der Waals surface area contributed by atoms with E-state index in [1.165, 1.54) is 5.01 Å². The first-order valence-electron chi connectivity index (χ1n) is 7.91. The third-order valence-corrected chi connectivity index (χ3v) is 3.71. The molecular formula is C17H31N3O3. The molecule has 132 valence electrons. The Morgan fingerprint density at radius 1 is 1.22 bits per heavy atom. The highest BCUT2D eigenvalue weighted by Gasteiger charge is 2.23. The van der Waals surface area contributed by atoms with Crippen LogP contribution >= 0.6 is 0 Å². The fourth-order valence-corrected chi connectivity index (χ4v) is 2.08. The molecule has 6 heteroatoms. The summed E-state index contributed by atoms with van der Waals surface area (Å²) in [6.45, 7) is 8.35. The van der Waals surface area contributed by atoms with Crippen molar-refractivity contribution in [1.29, 1.82) is 0 Å². The lowest BCUT2D eigenvalue weighted by Gasteiger charge is -2.25. The summed E-state index contributed by atoms with van der Waals surface area (Å²) in [6, 6.07) is -0.673. The number of carbonyl (C=O) groups excluding carboxylic acids is 1. The topological polar surface area (TPSA) is 73.2 Å². The van der Waals surface area contributed by atoms with Crippen molar-refractivity contribution in [2.24, 2.45) is 11.0 Å². The molecule has 0 aliphatic heterocycles. The highest BCUT2D eigenvalue weighted by atomic mass is 16.4. The summed E-state index contributed by atoms with van der Waals surface area (Å²) in [6.07, 6.45) is 1.98. The number of hydrogen-bond acceptors (Lipinski definition) is 5. The Morgan fingerprint density at radius 3 is 2.17 bits per heavy atom. The van der Waals surface area contributed by atoms with Crippen molar-refractivity contribution >= 4 is 18.0 Å². The second kappa shape index (κ2) is 10.2. The first-order chi connectivity index (χ1) is 10.6. The van der Waals surface area contributed by atoms with Crippen molar-refractivity contribution in [1.82, 2.24) is 9.91 Å². The van der Waals surface area contributed by atoms with Crippen LogP contribution in [-0.4, -0.2) is 66.7 Å². The van der Waals surface area contributed by atoms with Gasteiger partial charge in [0.2, 0.25) is 0 Å². The molecule has 0 aliphatic carbocycles. The van der Waals surface area contributed by atoms with E-state index in [-0.39, 0.29) is 5.92 Å². The highest BCUT2D eigenvalue weighted by Crippen LogP contribution is 2.14. The number of rotatable bonds is 10. The third kappa shape index (κ3) is 7.93. The van der Waals surface area contributed by atoms with Crippen molar-refractivity contribution in [3.8, 4) is 0 Å². The monoisotopic (exact) mass is 325 g/mol. The minimum Gasteiger partial charge on any atom is -0.480 e. The Labute approximate surface area is 139 Å². The Morgan fingerprint density at radius 2 is 1.78 bits per heavy atom. The van der Waals surface area contributed by atoms with E-state index in [0.717, 1.165) is 24.1 Å². The van der Waals surface area contributed by atoms with Gasteiger partial charge in [-0.3, -0.25) is 9.80 Å². The summed E-state index contributed by atoms with van der Waals surface area (Å²) in [5.74, 6) is -0.627. The molecule has 0 saturated heterocycles. The first kappa shape index (κ1) is 21.3. The predicted octanol–water partition coefficient (Wildman–Crippen LogP) is 2.26. The molecule has 0 aromatic rings. The fraction of sp³-hybridized carbons (Fsp3) is 0.706. The van der Waals surface area contributed by atoms with Crippen molar-refractivity contribution in [3.05, 3.63) is 11.1 Å². The summed E-state index contributed by atoms with van der Waals surface area (Å²) < 4.78 is 0. The van der Waals surface area contributed by atoms with Gasteiger partial charge >= 0.3 is 5.97 Å². The van der Waals surface area contributed by atoms with Gasteiger partial charge in [0.1, 0.15) is 12.3 Å². The molecule has 0 saturated carbocycles. The van der Waals surface area contributed by atoms with E-state index < -0.39 is 12.0 Å². The maximum Gasteiger partial charge on any atom is 0.328 e. The van der Waals surface area contributed by atoms with Crippen LogP contribution in [0.25, 0.3) is 0 Å². The van der Waals surface area contributed by atoms with E-state index in [2.05, 4.69) is 5.10 Å². The van der Waals surface area contributed by atoms with E-state index in [0.29, 0.717) is 18.4 Å². The summed E-state index contributed by atoms with van der Waals surface area (Å²) in [7, 11) is 5.61. The van der Waals surface area contributed by atoms with Gasteiger partial charge in [-0.15, -0.1) is 0 Å². The first-order valence-corrected chi connectivity index (χ1v) is 7.91. The largest absolute Gasteiger partial charge is 0.480 e. The van der Waals surface area contributed by atoms with E-state index in [1.807, 2.05) is 39.8 Å². The van der Waals surface area contributed by atoms with Gasteiger partial charge in [-0.1, -0.05) is 13.8 Å². The molecule has 0 fully saturated rings. The van der Waals surface area contributed by atoms with Gasteiger partial charge < -0.3 is 10.0 Å². The van der Waals surface area contributed by atoms with Crippen LogP contribution in [0.3, 0.4) is 0 Å². The number of carboxylic acid groups (broad SMARTS) is 1. The maximum absolute atomic E-state index is 11.5. The summed E-state index contributed by atoms with van der Waals surface area (Å²) >= 11 is 0. The van der Waals surface area contributed by atoms with Crippen LogP contribution < -0.4 is 0 Å². The Balaban J connectivity index is 5.53. The third-order valence-electron chi connectivity index (χ3n) is 3.71. The minimum atomic E-state index is -0.884. The summed E-state index contributed by atoms with van der Waals surface area (Å²) in [5, 5.41) is 15.5. The van der Waals surface area contributed by atoms with Gasteiger partial charge in [-0.05, 0) is 51.4 Å². The van der Waals surface area contributed by atoms with Crippen LogP contribution in [0.1, 0.15) is 40.5 Å². The molecule has 0 aliphatic rings. The van der Waals surface area contributed by atoms with Crippen molar-refractivity contribution in [2.75, 3.05) is 27.7 Å². The van der Waals surface area contributed by atoms with Crippen molar-refractivity contribution < 1.29 is 14.7 Å². The molecule has 6 nitrogen and oxygen atoms in total. The molecule has 0 bridgehead atoms. The Hall–Kier alpha value is -1.69. The van der Waals surface area contributed by atoms with E-state index in [1.54, 1.807) is 14.0 Å². The Kier molecular flexibility index (Phi) is 9.41.